The number of hydrogen-bond donors (Lipinski definition) is 2. The summed E-state index contributed by atoms with van der Waals surface area (Å²) in [5.74, 6) is -1.35. The van der Waals surface area contributed by atoms with Gasteiger partial charge in [0.25, 0.3) is 0 Å². The molecule has 14 heteroatoms. The Morgan fingerprint density at radius 2 is 1.82 bits per heavy atom. The summed E-state index contributed by atoms with van der Waals surface area (Å²) in [6, 6.07) is 8.00. The number of hydrogen-bond acceptors (Lipinski definition) is 8. The fourth-order valence-corrected chi connectivity index (χ4v) is 4.78. The molecule has 0 spiro atoms. The summed E-state index contributed by atoms with van der Waals surface area (Å²) >= 11 is 0. The number of methoxy groups -OCH3 is 1. The molecule has 0 radical (unpaired) electrons. The molecular weight excluding hydrogens is 473 g/mol. The number of ether oxygens (including phenoxy) is 1. The largest absolute Gasteiger partial charge is 0.490 e. The van der Waals surface area contributed by atoms with E-state index < -0.39 is 38.4 Å². The number of benzene rings is 2. The van der Waals surface area contributed by atoms with Gasteiger partial charge in [0.2, 0.25) is 15.9 Å². The highest BCUT2D eigenvalue weighted by Crippen LogP contribution is 2.30. The molecule has 34 heavy (non-hydrogen) atoms. The molecule has 0 atom stereocenters. The van der Waals surface area contributed by atoms with Crippen LogP contribution in [0.1, 0.15) is 0 Å². The first-order valence-electron chi connectivity index (χ1n) is 10.0. The number of sulfonamides is 1. The molecule has 0 aliphatic carbocycles. The second kappa shape index (κ2) is 10.5. The van der Waals surface area contributed by atoms with E-state index in [1.165, 1.54) is 37.4 Å². The fourth-order valence-electron chi connectivity index (χ4n) is 3.34. The molecular formula is C20H22FN5O7S. The summed E-state index contributed by atoms with van der Waals surface area (Å²) in [6.45, 7) is 0.292. The molecule has 2 aromatic carbocycles. The Hall–Kier alpha value is -3.62. The molecule has 1 aliphatic rings. The zero-order chi connectivity index (χ0) is 24.9. The number of carbonyl (C=O) groups is 2. The van der Waals surface area contributed by atoms with E-state index in [0.717, 1.165) is 16.4 Å². The number of carbonyl (C=O) groups excluding carboxylic acids is 2. The van der Waals surface area contributed by atoms with Gasteiger partial charge in [-0.1, -0.05) is 12.1 Å². The van der Waals surface area contributed by atoms with Crippen molar-refractivity contribution in [1.82, 2.24) is 14.5 Å². The van der Waals surface area contributed by atoms with Crippen molar-refractivity contribution in [3.05, 3.63) is 58.4 Å². The summed E-state index contributed by atoms with van der Waals surface area (Å²) < 4.78 is 45.5. The Balaban J connectivity index is 1.55. The summed E-state index contributed by atoms with van der Waals surface area (Å²) in [5, 5.41) is 15.5. The number of urea groups is 1. The lowest BCUT2D eigenvalue weighted by Crippen LogP contribution is -2.51. The van der Waals surface area contributed by atoms with Gasteiger partial charge >= 0.3 is 11.7 Å². The highest BCUT2D eigenvalue weighted by molar-refractivity contribution is 7.89. The van der Waals surface area contributed by atoms with Crippen molar-refractivity contribution in [2.45, 2.75) is 4.90 Å². The first-order chi connectivity index (χ1) is 16.1. The highest BCUT2D eigenvalue weighted by Gasteiger charge is 2.31. The van der Waals surface area contributed by atoms with Gasteiger partial charge in [-0.15, -0.1) is 0 Å². The van der Waals surface area contributed by atoms with Crippen LogP contribution in [0.5, 0.6) is 5.75 Å². The maximum atomic E-state index is 13.6. The number of para-hydroxylation sites is 1. The van der Waals surface area contributed by atoms with Crippen LogP contribution in [0.15, 0.2) is 47.4 Å². The maximum absolute atomic E-state index is 13.6. The Labute approximate surface area is 194 Å². The van der Waals surface area contributed by atoms with Gasteiger partial charge in [0, 0.05) is 32.2 Å². The quantitative estimate of drug-likeness (QED) is 0.432. The summed E-state index contributed by atoms with van der Waals surface area (Å²) in [5.41, 5.74) is -0.544. The van der Waals surface area contributed by atoms with Crippen molar-refractivity contribution in [3.63, 3.8) is 0 Å². The molecule has 0 bridgehead atoms. The van der Waals surface area contributed by atoms with Gasteiger partial charge in [-0.2, -0.15) is 4.31 Å². The van der Waals surface area contributed by atoms with Crippen LogP contribution < -0.4 is 15.4 Å². The Kier molecular flexibility index (Phi) is 7.75. The van der Waals surface area contributed by atoms with Gasteiger partial charge in [0.1, 0.15) is 5.82 Å². The van der Waals surface area contributed by atoms with E-state index in [-0.39, 0.29) is 49.1 Å². The van der Waals surface area contributed by atoms with Gasteiger partial charge in [-0.25, -0.2) is 17.6 Å². The van der Waals surface area contributed by atoms with Gasteiger partial charge in [0.05, 0.1) is 29.2 Å². The number of nitro benzene ring substituents is 1. The van der Waals surface area contributed by atoms with Gasteiger partial charge in [-0.3, -0.25) is 25.1 Å². The number of piperazine rings is 1. The molecule has 0 saturated carbocycles. The Morgan fingerprint density at radius 3 is 2.44 bits per heavy atom. The summed E-state index contributed by atoms with van der Waals surface area (Å²) in [7, 11) is -2.76. The van der Waals surface area contributed by atoms with Crippen molar-refractivity contribution in [1.29, 1.82) is 0 Å². The fraction of sp³-hybridized carbons (Fsp3) is 0.300. The zero-order valence-electron chi connectivity index (χ0n) is 18.1. The maximum Gasteiger partial charge on any atom is 0.326 e. The van der Waals surface area contributed by atoms with Crippen LogP contribution in [-0.2, 0) is 14.8 Å². The number of amides is 3. The molecule has 3 rings (SSSR count). The number of rotatable bonds is 7. The number of nitro groups is 1. The third-order valence-electron chi connectivity index (χ3n) is 5.06. The molecule has 12 nitrogen and oxygen atoms in total. The van der Waals surface area contributed by atoms with Crippen LogP contribution in [0.25, 0.3) is 0 Å². The molecule has 1 fully saturated rings. The highest BCUT2D eigenvalue weighted by atomic mass is 32.2. The predicted octanol–water partition coefficient (Wildman–Crippen LogP) is 1.40. The van der Waals surface area contributed by atoms with Gasteiger partial charge in [-0.05, 0) is 24.3 Å². The van der Waals surface area contributed by atoms with E-state index in [4.69, 9.17) is 4.74 Å². The van der Waals surface area contributed by atoms with Crippen LogP contribution in [0, 0.1) is 15.9 Å². The topological polar surface area (TPSA) is 151 Å². The van der Waals surface area contributed by atoms with E-state index in [1.54, 1.807) is 4.90 Å². The zero-order valence-corrected chi connectivity index (χ0v) is 18.9. The van der Waals surface area contributed by atoms with Crippen LogP contribution >= 0.6 is 0 Å². The number of halogens is 1. The van der Waals surface area contributed by atoms with Crippen molar-refractivity contribution >= 4 is 33.3 Å². The van der Waals surface area contributed by atoms with E-state index in [2.05, 4.69) is 10.6 Å². The number of imide groups is 1. The minimum Gasteiger partial charge on any atom is -0.490 e. The Bertz CT molecular complexity index is 1200. The van der Waals surface area contributed by atoms with Crippen molar-refractivity contribution < 1.29 is 32.1 Å². The first kappa shape index (κ1) is 25.0. The van der Waals surface area contributed by atoms with Crippen LogP contribution in [-0.4, -0.2) is 74.3 Å². The average Bonchev–Trinajstić information content (AvgIpc) is 2.80. The van der Waals surface area contributed by atoms with Gasteiger partial charge in [0.15, 0.2) is 5.75 Å². The minimum atomic E-state index is -4.01. The third kappa shape index (κ3) is 5.84. The van der Waals surface area contributed by atoms with E-state index in [9.17, 15) is 32.5 Å². The summed E-state index contributed by atoms with van der Waals surface area (Å²) in [4.78, 5) is 35.9. The molecule has 0 aromatic heterocycles. The SMILES string of the molecule is COc1ccc(S(=O)(=O)N2CCN(CC(=O)NC(=O)Nc3ccccc3F)CC2)cc1[N+](=O)[O-]. The predicted molar refractivity (Wildman–Crippen MR) is 118 cm³/mol. The molecule has 2 N–H and O–H groups in total. The molecule has 1 aliphatic heterocycles. The van der Waals surface area contributed by atoms with Crippen LogP contribution in [0.3, 0.4) is 0 Å². The first-order valence-corrected chi connectivity index (χ1v) is 11.5. The average molecular weight is 495 g/mol. The van der Waals surface area contributed by atoms with Crippen molar-refractivity contribution in [2.24, 2.45) is 0 Å². The second-order valence-electron chi connectivity index (χ2n) is 7.25. The molecule has 0 unspecified atom stereocenters. The minimum absolute atomic E-state index is 0.0386. The van der Waals surface area contributed by atoms with E-state index >= 15 is 0 Å². The lowest BCUT2D eigenvalue weighted by atomic mass is 10.3. The number of nitrogens with one attached hydrogen (secondary N) is 2. The third-order valence-corrected chi connectivity index (χ3v) is 6.95. The standard InChI is InChI=1S/C20H22FN5O7S/c1-33-18-7-6-14(12-17(18)26(29)30)34(31,32)25-10-8-24(9-11-25)13-19(27)23-20(28)22-16-5-3-2-4-15(16)21/h2-7,12H,8-11,13H2,1H3,(H2,22,23,27,28). The van der Waals surface area contributed by atoms with Crippen molar-refractivity contribution in [3.8, 4) is 5.75 Å². The second-order valence-corrected chi connectivity index (χ2v) is 9.19. The molecule has 2 aromatic rings. The van der Waals surface area contributed by atoms with E-state index in [1.807, 2.05) is 0 Å². The lowest BCUT2D eigenvalue weighted by molar-refractivity contribution is -0.386. The Morgan fingerprint density at radius 1 is 1.15 bits per heavy atom. The molecule has 3 amide bonds. The van der Waals surface area contributed by atoms with E-state index in [0.29, 0.717) is 0 Å². The van der Waals surface area contributed by atoms with Gasteiger partial charge < -0.3 is 10.1 Å². The number of anilines is 1. The molecule has 1 heterocycles. The lowest BCUT2D eigenvalue weighted by Gasteiger charge is -2.33. The van der Waals surface area contributed by atoms with Crippen LogP contribution in [0.2, 0.25) is 0 Å². The summed E-state index contributed by atoms with van der Waals surface area (Å²) in [6.07, 6.45) is 0. The molecule has 1 saturated heterocycles. The monoisotopic (exact) mass is 495 g/mol. The normalized spacial score (nSPS) is 14.9. The number of nitrogens with zero attached hydrogens (tertiary/aromatic N) is 3. The molecule has 182 valence electrons. The van der Waals surface area contributed by atoms with Crippen LogP contribution in [0.4, 0.5) is 20.6 Å². The smallest absolute Gasteiger partial charge is 0.326 e. The van der Waals surface area contributed by atoms with Crippen molar-refractivity contribution in [2.75, 3.05) is 45.2 Å².